The van der Waals surface area contributed by atoms with Gasteiger partial charge in [-0.3, -0.25) is 9.48 Å². The van der Waals surface area contributed by atoms with Crippen LogP contribution in [0.5, 0.6) is 0 Å². The number of para-hydroxylation sites is 3. The first-order chi connectivity index (χ1) is 12.1. The minimum atomic E-state index is -0.193. The average Bonchev–Trinajstić information content (AvgIpc) is 3.18. The Morgan fingerprint density at radius 2 is 1.88 bits per heavy atom. The average molecular weight is 331 g/mol. The molecule has 2 N–H and O–H groups in total. The zero-order valence-corrected chi connectivity index (χ0v) is 13.9. The molecule has 124 valence electrons. The molecule has 0 aliphatic rings. The lowest BCUT2D eigenvalue weighted by atomic mass is 10.1. The number of nitrogens with one attached hydrogen (secondary N) is 2. The van der Waals surface area contributed by atoms with Crippen LogP contribution in [0.15, 0.2) is 54.7 Å². The number of carbonyl (C=O) groups excluding carboxylic acids is 1. The molecular weight excluding hydrogens is 314 g/mol. The Morgan fingerprint density at radius 1 is 1.12 bits per heavy atom. The number of benzene rings is 2. The highest BCUT2D eigenvalue weighted by Crippen LogP contribution is 2.28. The summed E-state index contributed by atoms with van der Waals surface area (Å²) in [5, 5.41) is 7.10. The zero-order valence-electron chi connectivity index (χ0n) is 13.9. The highest BCUT2D eigenvalue weighted by molar-refractivity contribution is 6.06. The van der Waals surface area contributed by atoms with Crippen molar-refractivity contribution in [1.82, 2.24) is 19.7 Å². The molecule has 0 saturated heterocycles. The van der Waals surface area contributed by atoms with Gasteiger partial charge in [0, 0.05) is 12.6 Å². The van der Waals surface area contributed by atoms with Gasteiger partial charge in [-0.1, -0.05) is 24.3 Å². The molecule has 6 heteroatoms. The highest BCUT2D eigenvalue weighted by atomic mass is 16.2. The summed E-state index contributed by atoms with van der Waals surface area (Å²) < 4.78 is 1.58. The van der Waals surface area contributed by atoms with Crippen LogP contribution in [0.25, 0.3) is 22.4 Å². The second kappa shape index (κ2) is 5.90. The fourth-order valence-electron chi connectivity index (χ4n) is 2.93. The van der Waals surface area contributed by atoms with Crippen LogP contribution in [-0.2, 0) is 7.05 Å². The van der Waals surface area contributed by atoms with Crippen LogP contribution in [-0.4, -0.2) is 25.7 Å². The number of H-pyrrole nitrogens is 1. The van der Waals surface area contributed by atoms with Gasteiger partial charge in [-0.15, -0.1) is 0 Å². The summed E-state index contributed by atoms with van der Waals surface area (Å²) in [6.07, 6.45) is 1.68. The molecule has 4 rings (SSSR count). The predicted molar refractivity (Wildman–Crippen MR) is 97.4 cm³/mol. The minimum Gasteiger partial charge on any atom is -0.338 e. The Hall–Kier alpha value is -3.41. The zero-order chi connectivity index (χ0) is 17.4. The monoisotopic (exact) mass is 331 g/mol. The van der Waals surface area contributed by atoms with Gasteiger partial charge >= 0.3 is 0 Å². The summed E-state index contributed by atoms with van der Waals surface area (Å²) in [7, 11) is 1.76. The highest BCUT2D eigenvalue weighted by Gasteiger charge is 2.17. The molecule has 1 amide bonds. The Kier molecular flexibility index (Phi) is 3.57. The maximum Gasteiger partial charge on any atom is 0.274 e. The number of fused-ring (bicyclic) bond motifs is 1. The molecule has 25 heavy (non-hydrogen) atoms. The number of imidazole rings is 1. The molecule has 0 saturated carbocycles. The predicted octanol–water partition coefficient (Wildman–Crippen LogP) is 3.52. The summed E-state index contributed by atoms with van der Waals surface area (Å²) in [4.78, 5) is 20.6. The third-order valence-corrected chi connectivity index (χ3v) is 4.16. The number of aryl methyl sites for hydroxylation is 2. The largest absolute Gasteiger partial charge is 0.338 e. The van der Waals surface area contributed by atoms with Crippen LogP contribution in [0.1, 0.15) is 16.1 Å². The first-order valence-corrected chi connectivity index (χ1v) is 7.97. The van der Waals surface area contributed by atoms with E-state index in [1.165, 1.54) is 0 Å². The molecule has 0 aliphatic heterocycles. The third-order valence-electron chi connectivity index (χ3n) is 4.16. The lowest BCUT2D eigenvalue weighted by Crippen LogP contribution is -2.17. The van der Waals surface area contributed by atoms with E-state index in [9.17, 15) is 4.79 Å². The van der Waals surface area contributed by atoms with Crippen molar-refractivity contribution in [1.29, 1.82) is 0 Å². The number of anilines is 1. The van der Waals surface area contributed by atoms with Crippen molar-refractivity contribution in [2.75, 3.05) is 5.32 Å². The first kappa shape index (κ1) is 15.1. The Morgan fingerprint density at radius 3 is 2.64 bits per heavy atom. The van der Waals surface area contributed by atoms with Gasteiger partial charge in [0.2, 0.25) is 0 Å². The van der Waals surface area contributed by atoms with E-state index in [-0.39, 0.29) is 5.91 Å². The van der Waals surface area contributed by atoms with Crippen LogP contribution in [0.4, 0.5) is 5.69 Å². The Bertz CT molecular complexity index is 1020. The standard InChI is InChI=1S/C19H17N5O/c1-12-11-20-24(2)17(12)19(25)23-14-8-4-3-7-13(14)18-21-15-9-5-6-10-16(15)22-18/h3-11H,1-2H3,(H,21,22)(H,23,25). The summed E-state index contributed by atoms with van der Waals surface area (Å²) in [5.74, 6) is 0.528. The van der Waals surface area contributed by atoms with Gasteiger partial charge in [0.15, 0.2) is 0 Å². The minimum absolute atomic E-state index is 0.193. The molecule has 0 fully saturated rings. The Labute approximate surface area is 144 Å². The fourth-order valence-corrected chi connectivity index (χ4v) is 2.93. The smallest absolute Gasteiger partial charge is 0.274 e. The maximum atomic E-state index is 12.7. The fraction of sp³-hybridized carbons (Fsp3) is 0.105. The number of amides is 1. The van der Waals surface area contributed by atoms with Gasteiger partial charge in [-0.05, 0) is 36.8 Å². The first-order valence-electron chi connectivity index (χ1n) is 7.97. The molecule has 0 aliphatic carbocycles. The quantitative estimate of drug-likeness (QED) is 0.603. The second-order valence-corrected chi connectivity index (χ2v) is 5.90. The van der Waals surface area contributed by atoms with E-state index in [0.29, 0.717) is 11.4 Å². The van der Waals surface area contributed by atoms with E-state index < -0.39 is 0 Å². The molecule has 0 atom stereocenters. The summed E-state index contributed by atoms with van der Waals surface area (Å²) >= 11 is 0. The summed E-state index contributed by atoms with van der Waals surface area (Å²) in [6.45, 7) is 1.87. The van der Waals surface area contributed by atoms with E-state index in [2.05, 4.69) is 20.4 Å². The van der Waals surface area contributed by atoms with Gasteiger partial charge in [0.05, 0.1) is 22.9 Å². The van der Waals surface area contributed by atoms with Gasteiger partial charge in [-0.25, -0.2) is 4.98 Å². The van der Waals surface area contributed by atoms with Crippen LogP contribution < -0.4 is 5.32 Å². The second-order valence-electron chi connectivity index (χ2n) is 5.90. The number of rotatable bonds is 3. The van der Waals surface area contributed by atoms with E-state index in [1.807, 2.05) is 55.5 Å². The van der Waals surface area contributed by atoms with Crippen LogP contribution in [0.2, 0.25) is 0 Å². The number of aromatic amines is 1. The van der Waals surface area contributed by atoms with E-state index in [0.717, 1.165) is 28.0 Å². The number of nitrogens with zero attached hydrogens (tertiary/aromatic N) is 3. The van der Waals surface area contributed by atoms with E-state index in [1.54, 1.807) is 17.9 Å². The van der Waals surface area contributed by atoms with Crippen LogP contribution >= 0.6 is 0 Å². The van der Waals surface area contributed by atoms with Crippen molar-refractivity contribution in [3.63, 3.8) is 0 Å². The van der Waals surface area contributed by atoms with Crippen molar-refractivity contribution in [2.45, 2.75) is 6.92 Å². The number of carbonyl (C=O) groups is 1. The molecule has 0 unspecified atom stereocenters. The molecule has 4 aromatic rings. The summed E-state index contributed by atoms with van der Waals surface area (Å²) in [6, 6.07) is 15.5. The lowest BCUT2D eigenvalue weighted by Gasteiger charge is -2.10. The molecule has 6 nitrogen and oxygen atoms in total. The van der Waals surface area contributed by atoms with Crippen molar-refractivity contribution in [2.24, 2.45) is 7.05 Å². The molecule has 2 aromatic carbocycles. The van der Waals surface area contributed by atoms with Gasteiger partial charge < -0.3 is 10.3 Å². The number of aromatic nitrogens is 4. The lowest BCUT2D eigenvalue weighted by molar-refractivity contribution is 0.101. The molecule has 2 heterocycles. The normalized spacial score (nSPS) is 11.0. The number of hydrogen-bond donors (Lipinski definition) is 2. The third kappa shape index (κ3) is 2.67. The van der Waals surface area contributed by atoms with Crippen molar-refractivity contribution in [3.8, 4) is 11.4 Å². The van der Waals surface area contributed by atoms with Gasteiger partial charge in [0.1, 0.15) is 11.5 Å². The van der Waals surface area contributed by atoms with Crippen molar-refractivity contribution >= 4 is 22.6 Å². The SMILES string of the molecule is Cc1cnn(C)c1C(=O)Nc1ccccc1-c1nc2ccccc2[nH]1. The van der Waals surface area contributed by atoms with E-state index >= 15 is 0 Å². The van der Waals surface area contributed by atoms with Crippen molar-refractivity contribution in [3.05, 3.63) is 66.0 Å². The van der Waals surface area contributed by atoms with Crippen LogP contribution in [0, 0.1) is 6.92 Å². The summed E-state index contributed by atoms with van der Waals surface area (Å²) in [5.41, 5.74) is 4.77. The Balaban J connectivity index is 1.73. The van der Waals surface area contributed by atoms with Gasteiger partial charge in [0.25, 0.3) is 5.91 Å². The molecular formula is C19H17N5O. The van der Waals surface area contributed by atoms with E-state index in [4.69, 9.17) is 0 Å². The van der Waals surface area contributed by atoms with Crippen molar-refractivity contribution < 1.29 is 4.79 Å². The molecule has 0 bridgehead atoms. The molecule has 0 spiro atoms. The van der Waals surface area contributed by atoms with Gasteiger partial charge in [-0.2, -0.15) is 5.10 Å². The molecule has 2 aromatic heterocycles. The number of hydrogen-bond acceptors (Lipinski definition) is 3. The van der Waals surface area contributed by atoms with Crippen LogP contribution in [0.3, 0.4) is 0 Å². The topological polar surface area (TPSA) is 75.6 Å². The molecule has 0 radical (unpaired) electrons. The maximum absolute atomic E-state index is 12.7.